The van der Waals surface area contributed by atoms with Crippen molar-refractivity contribution in [3.8, 4) is 0 Å². The van der Waals surface area contributed by atoms with E-state index in [9.17, 15) is 0 Å². The summed E-state index contributed by atoms with van der Waals surface area (Å²) in [5, 5.41) is 1.52. The standard InChI is InChI=1S/C15H21BrCl2/c1-10(9-15(2,3)4)7-13(16)12-8-11(17)5-6-14(12)18/h5-6,8,10,13H,7,9H2,1-4H3. The summed E-state index contributed by atoms with van der Waals surface area (Å²) in [6, 6.07) is 5.64. The summed E-state index contributed by atoms with van der Waals surface area (Å²) in [7, 11) is 0. The third kappa shape index (κ3) is 5.50. The maximum Gasteiger partial charge on any atom is 0.0450 e. The van der Waals surface area contributed by atoms with Crippen molar-refractivity contribution < 1.29 is 0 Å². The molecule has 18 heavy (non-hydrogen) atoms. The zero-order valence-corrected chi connectivity index (χ0v) is 14.5. The van der Waals surface area contributed by atoms with E-state index in [0.29, 0.717) is 11.3 Å². The molecule has 0 radical (unpaired) electrons. The Morgan fingerprint density at radius 1 is 1.22 bits per heavy atom. The second kappa shape index (κ2) is 6.63. The van der Waals surface area contributed by atoms with E-state index in [1.807, 2.05) is 18.2 Å². The lowest BCUT2D eigenvalue weighted by Gasteiger charge is -2.25. The van der Waals surface area contributed by atoms with Crippen molar-refractivity contribution in [2.75, 3.05) is 0 Å². The SMILES string of the molecule is CC(CC(Br)c1cc(Cl)ccc1Cl)CC(C)(C)C. The van der Waals surface area contributed by atoms with Gasteiger partial charge in [0, 0.05) is 14.9 Å². The first-order valence-corrected chi connectivity index (χ1v) is 7.95. The van der Waals surface area contributed by atoms with E-state index in [1.165, 1.54) is 6.42 Å². The van der Waals surface area contributed by atoms with Crippen LogP contribution in [-0.2, 0) is 0 Å². The van der Waals surface area contributed by atoms with Crippen LogP contribution in [0.2, 0.25) is 10.0 Å². The van der Waals surface area contributed by atoms with E-state index in [-0.39, 0.29) is 4.83 Å². The monoisotopic (exact) mass is 350 g/mol. The molecular weight excluding hydrogens is 331 g/mol. The van der Waals surface area contributed by atoms with Crippen molar-refractivity contribution in [3.63, 3.8) is 0 Å². The Kier molecular flexibility index (Phi) is 6.02. The maximum absolute atomic E-state index is 6.22. The molecule has 0 amide bonds. The summed E-state index contributed by atoms with van der Waals surface area (Å²) < 4.78 is 0. The Morgan fingerprint density at radius 3 is 2.39 bits per heavy atom. The topological polar surface area (TPSA) is 0 Å². The molecule has 0 spiro atoms. The van der Waals surface area contributed by atoms with Gasteiger partial charge >= 0.3 is 0 Å². The summed E-state index contributed by atoms with van der Waals surface area (Å²) in [5.41, 5.74) is 1.45. The number of benzene rings is 1. The van der Waals surface area contributed by atoms with E-state index < -0.39 is 0 Å². The molecule has 0 saturated carbocycles. The van der Waals surface area contributed by atoms with Crippen LogP contribution in [0, 0.1) is 11.3 Å². The van der Waals surface area contributed by atoms with Crippen LogP contribution in [0.3, 0.4) is 0 Å². The van der Waals surface area contributed by atoms with Crippen LogP contribution < -0.4 is 0 Å². The fourth-order valence-corrected chi connectivity index (χ4v) is 3.94. The van der Waals surface area contributed by atoms with Crippen LogP contribution in [0.15, 0.2) is 18.2 Å². The van der Waals surface area contributed by atoms with Gasteiger partial charge in [0.25, 0.3) is 0 Å². The molecule has 3 heteroatoms. The fraction of sp³-hybridized carbons (Fsp3) is 0.600. The second-order valence-electron chi connectivity index (χ2n) is 6.24. The zero-order chi connectivity index (χ0) is 13.9. The minimum absolute atomic E-state index is 0.265. The number of hydrogen-bond acceptors (Lipinski definition) is 0. The lowest BCUT2D eigenvalue weighted by molar-refractivity contribution is 0.296. The number of alkyl halides is 1. The van der Waals surface area contributed by atoms with Crippen LogP contribution in [0.4, 0.5) is 0 Å². The molecule has 0 fully saturated rings. The van der Waals surface area contributed by atoms with Crippen molar-refractivity contribution in [3.05, 3.63) is 33.8 Å². The number of hydrogen-bond donors (Lipinski definition) is 0. The van der Waals surface area contributed by atoms with Crippen LogP contribution in [0.1, 0.15) is 50.9 Å². The van der Waals surface area contributed by atoms with Crippen molar-refractivity contribution in [2.24, 2.45) is 11.3 Å². The highest BCUT2D eigenvalue weighted by Gasteiger charge is 2.20. The van der Waals surface area contributed by atoms with Gasteiger partial charge < -0.3 is 0 Å². The molecule has 1 rings (SSSR count). The van der Waals surface area contributed by atoms with E-state index >= 15 is 0 Å². The molecule has 0 aliphatic carbocycles. The molecule has 1 aromatic carbocycles. The second-order valence-corrected chi connectivity index (χ2v) is 8.19. The minimum Gasteiger partial charge on any atom is -0.0843 e. The third-order valence-corrected chi connectivity index (χ3v) is 4.31. The molecule has 102 valence electrons. The molecule has 2 unspecified atom stereocenters. The van der Waals surface area contributed by atoms with Crippen LogP contribution >= 0.6 is 39.1 Å². The lowest BCUT2D eigenvalue weighted by atomic mass is 9.83. The summed E-state index contributed by atoms with van der Waals surface area (Å²) in [4.78, 5) is 0.265. The molecule has 0 heterocycles. The van der Waals surface area contributed by atoms with E-state index in [4.69, 9.17) is 23.2 Å². The van der Waals surface area contributed by atoms with Gasteiger partial charge in [0.05, 0.1) is 0 Å². The van der Waals surface area contributed by atoms with Gasteiger partial charge in [0.15, 0.2) is 0 Å². The molecular formula is C15H21BrCl2. The van der Waals surface area contributed by atoms with Crippen molar-refractivity contribution >= 4 is 39.1 Å². The molecule has 2 atom stereocenters. The maximum atomic E-state index is 6.22. The predicted octanol–water partition coefficient (Wildman–Crippen LogP) is 6.89. The van der Waals surface area contributed by atoms with E-state index in [0.717, 1.165) is 22.0 Å². The third-order valence-electron chi connectivity index (χ3n) is 2.87. The summed E-state index contributed by atoms with van der Waals surface area (Å²) >= 11 is 16.0. The number of halogens is 3. The van der Waals surface area contributed by atoms with Crippen molar-refractivity contribution in [2.45, 2.75) is 45.4 Å². The normalized spacial score (nSPS) is 15.5. The molecule has 0 N–H and O–H groups in total. The molecule has 0 aliphatic rings. The fourth-order valence-electron chi connectivity index (χ4n) is 2.36. The summed E-state index contributed by atoms with van der Waals surface area (Å²) in [6.07, 6.45) is 2.27. The van der Waals surface area contributed by atoms with Crippen molar-refractivity contribution in [1.29, 1.82) is 0 Å². The van der Waals surface area contributed by atoms with Crippen molar-refractivity contribution in [1.82, 2.24) is 0 Å². The van der Waals surface area contributed by atoms with E-state index in [2.05, 4.69) is 43.6 Å². The Balaban J connectivity index is 2.70. The first-order chi connectivity index (χ1) is 8.19. The lowest BCUT2D eigenvalue weighted by Crippen LogP contribution is -2.12. The Labute approximate surface area is 129 Å². The summed E-state index contributed by atoms with van der Waals surface area (Å²) in [5.74, 6) is 0.643. The molecule has 0 aromatic heterocycles. The van der Waals surface area contributed by atoms with Gasteiger partial charge in [-0.05, 0) is 47.9 Å². The Bertz CT molecular complexity index is 396. The highest BCUT2D eigenvalue weighted by Crippen LogP contribution is 2.38. The van der Waals surface area contributed by atoms with Gasteiger partial charge in [0.2, 0.25) is 0 Å². The average molecular weight is 352 g/mol. The molecule has 0 aliphatic heterocycles. The quantitative estimate of drug-likeness (QED) is 0.518. The van der Waals surface area contributed by atoms with Gasteiger partial charge in [0.1, 0.15) is 0 Å². The van der Waals surface area contributed by atoms with Crippen LogP contribution in [0.5, 0.6) is 0 Å². The van der Waals surface area contributed by atoms with Gasteiger partial charge in [-0.1, -0.05) is 66.8 Å². The van der Waals surface area contributed by atoms with Gasteiger partial charge in [-0.25, -0.2) is 0 Å². The van der Waals surface area contributed by atoms with Gasteiger partial charge in [-0.3, -0.25) is 0 Å². The highest BCUT2D eigenvalue weighted by atomic mass is 79.9. The van der Waals surface area contributed by atoms with E-state index in [1.54, 1.807) is 0 Å². The van der Waals surface area contributed by atoms with Gasteiger partial charge in [-0.15, -0.1) is 0 Å². The van der Waals surface area contributed by atoms with Gasteiger partial charge in [-0.2, -0.15) is 0 Å². The zero-order valence-electron chi connectivity index (χ0n) is 11.4. The Morgan fingerprint density at radius 2 is 1.83 bits per heavy atom. The van der Waals surface area contributed by atoms with Crippen LogP contribution in [-0.4, -0.2) is 0 Å². The summed E-state index contributed by atoms with van der Waals surface area (Å²) in [6.45, 7) is 9.12. The molecule has 0 nitrogen and oxygen atoms in total. The molecule has 1 aromatic rings. The largest absolute Gasteiger partial charge is 0.0843 e. The predicted molar refractivity (Wildman–Crippen MR) is 86.0 cm³/mol. The highest BCUT2D eigenvalue weighted by molar-refractivity contribution is 9.09. The average Bonchev–Trinajstić information content (AvgIpc) is 2.18. The Hall–Kier alpha value is 0.280. The molecule has 0 saturated heterocycles. The first kappa shape index (κ1) is 16.3. The van der Waals surface area contributed by atoms with Crippen LogP contribution in [0.25, 0.3) is 0 Å². The molecule has 0 bridgehead atoms. The minimum atomic E-state index is 0.265. The first-order valence-electron chi connectivity index (χ1n) is 6.28. The smallest absolute Gasteiger partial charge is 0.0450 e. The number of rotatable bonds is 4.